The molecule has 1 aromatic rings. The molecule has 0 bridgehead atoms. The first-order valence-electron chi connectivity index (χ1n) is 4.51. The zero-order chi connectivity index (χ0) is 12.9. The average Bonchev–Trinajstić information content (AvgIpc) is 2.74. The SMILES string of the molecule is COCCONS(=O)(=O)c1c[nH]c(C(=O)O)c1. The number of rotatable bonds is 7. The number of methoxy groups -OCH3 is 1. The van der Waals surface area contributed by atoms with E-state index in [2.05, 4.69) is 14.6 Å². The van der Waals surface area contributed by atoms with Crippen LogP contribution in [0.15, 0.2) is 17.2 Å². The highest BCUT2D eigenvalue weighted by atomic mass is 32.2. The van der Waals surface area contributed by atoms with Crippen LogP contribution in [-0.2, 0) is 19.6 Å². The van der Waals surface area contributed by atoms with Crippen molar-refractivity contribution in [3.05, 3.63) is 18.0 Å². The fraction of sp³-hybridized carbons (Fsp3) is 0.375. The number of carboxylic acid groups (broad SMARTS) is 1. The molecule has 0 aliphatic rings. The molecule has 0 unspecified atom stereocenters. The van der Waals surface area contributed by atoms with Crippen molar-refractivity contribution in [2.75, 3.05) is 20.3 Å². The van der Waals surface area contributed by atoms with E-state index in [9.17, 15) is 13.2 Å². The highest BCUT2D eigenvalue weighted by Gasteiger charge is 2.18. The number of carboxylic acids is 1. The van der Waals surface area contributed by atoms with Gasteiger partial charge in [0, 0.05) is 13.3 Å². The molecule has 0 saturated carbocycles. The topological polar surface area (TPSA) is 118 Å². The van der Waals surface area contributed by atoms with Gasteiger partial charge in [0.25, 0.3) is 10.0 Å². The smallest absolute Gasteiger partial charge is 0.352 e. The zero-order valence-electron chi connectivity index (χ0n) is 8.97. The van der Waals surface area contributed by atoms with E-state index in [1.54, 1.807) is 0 Å². The van der Waals surface area contributed by atoms with E-state index in [1.165, 1.54) is 7.11 Å². The molecule has 1 heterocycles. The van der Waals surface area contributed by atoms with Gasteiger partial charge in [-0.3, -0.25) is 4.84 Å². The molecule has 9 heteroatoms. The Bertz CT molecular complexity index is 480. The lowest BCUT2D eigenvalue weighted by molar-refractivity contribution is 0.0438. The largest absolute Gasteiger partial charge is 0.477 e. The molecular weight excluding hydrogens is 252 g/mol. The molecule has 96 valence electrons. The van der Waals surface area contributed by atoms with Gasteiger partial charge in [-0.25, -0.2) is 13.2 Å². The Morgan fingerprint density at radius 2 is 2.24 bits per heavy atom. The first-order chi connectivity index (χ1) is 7.97. The predicted octanol–water partition coefficient (Wildman–Crippen LogP) is -0.431. The van der Waals surface area contributed by atoms with E-state index in [4.69, 9.17) is 5.11 Å². The fourth-order valence-electron chi connectivity index (χ4n) is 0.945. The third-order valence-electron chi connectivity index (χ3n) is 1.76. The van der Waals surface area contributed by atoms with Gasteiger partial charge in [-0.2, -0.15) is 0 Å². The van der Waals surface area contributed by atoms with Crippen molar-refractivity contribution in [3.63, 3.8) is 0 Å². The summed E-state index contributed by atoms with van der Waals surface area (Å²) < 4.78 is 27.7. The maximum atomic E-state index is 11.5. The van der Waals surface area contributed by atoms with Crippen molar-refractivity contribution < 1.29 is 27.9 Å². The summed E-state index contributed by atoms with van der Waals surface area (Å²) in [6, 6.07) is 0.990. The number of H-pyrrole nitrogens is 1. The summed E-state index contributed by atoms with van der Waals surface area (Å²) in [5.74, 6) is -1.24. The summed E-state index contributed by atoms with van der Waals surface area (Å²) in [4.78, 5) is 19.1. The summed E-state index contributed by atoms with van der Waals surface area (Å²) in [5.41, 5.74) is -0.220. The van der Waals surface area contributed by atoms with Gasteiger partial charge in [-0.15, -0.1) is 0 Å². The van der Waals surface area contributed by atoms with Crippen LogP contribution in [0.3, 0.4) is 0 Å². The second-order valence-corrected chi connectivity index (χ2v) is 4.63. The normalized spacial score (nSPS) is 11.6. The summed E-state index contributed by atoms with van der Waals surface area (Å²) in [5, 5.41) is 8.62. The van der Waals surface area contributed by atoms with Gasteiger partial charge in [-0.05, 0) is 6.07 Å². The highest BCUT2D eigenvalue weighted by Crippen LogP contribution is 2.10. The molecule has 0 aliphatic carbocycles. The number of nitrogens with one attached hydrogen (secondary N) is 2. The first-order valence-corrected chi connectivity index (χ1v) is 6.00. The van der Waals surface area contributed by atoms with Crippen LogP contribution in [0.25, 0.3) is 0 Å². The van der Waals surface area contributed by atoms with E-state index in [0.29, 0.717) is 0 Å². The number of sulfonamides is 1. The molecule has 8 nitrogen and oxygen atoms in total. The molecule has 0 spiro atoms. The number of aromatic nitrogens is 1. The van der Waals surface area contributed by atoms with E-state index < -0.39 is 16.0 Å². The van der Waals surface area contributed by atoms with Crippen molar-refractivity contribution in [2.24, 2.45) is 0 Å². The molecule has 0 atom stereocenters. The molecule has 0 saturated heterocycles. The molecule has 0 radical (unpaired) electrons. The van der Waals surface area contributed by atoms with Crippen LogP contribution < -0.4 is 4.89 Å². The van der Waals surface area contributed by atoms with Crippen LogP contribution in [0.2, 0.25) is 0 Å². The molecule has 1 rings (SSSR count). The van der Waals surface area contributed by atoms with Crippen molar-refractivity contribution in [1.82, 2.24) is 9.87 Å². The number of aromatic carboxylic acids is 1. The Morgan fingerprint density at radius 3 is 2.76 bits per heavy atom. The Morgan fingerprint density at radius 1 is 1.53 bits per heavy atom. The minimum atomic E-state index is -3.88. The van der Waals surface area contributed by atoms with Crippen molar-refractivity contribution >= 4 is 16.0 Å². The number of hydrogen-bond acceptors (Lipinski definition) is 5. The maximum Gasteiger partial charge on any atom is 0.352 e. The Balaban J connectivity index is 2.66. The van der Waals surface area contributed by atoms with Crippen LogP contribution in [0, 0.1) is 0 Å². The number of carbonyl (C=O) groups is 1. The van der Waals surface area contributed by atoms with Crippen molar-refractivity contribution in [2.45, 2.75) is 4.90 Å². The Hall–Kier alpha value is -1.42. The monoisotopic (exact) mass is 264 g/mol. The molecule has 0 aliphatic heterocycles. The fourth-order valence-corrected chi connectivity index (χ4v) is 1.77. The standard InChI is InChI=1S/C8H12N2O6S/c1-15-2-3-16-10-17(13,14)6-4-7(8(11)12)9-5-6/h4-5,9-10H,2-3H2,1H3,(H,11,12). The number of ether oxygens (including phenoxy) is 1. The van der Waals surface area contributed by atoms with Gasteiger partial charge in [0.2, 0.25) is 0 Å². The number of hydrogen-bond donors (Lipinski definition) is 3. The number of aromatic amines is 1. The minimum Gasteiger partial charge on any atom is -0.477 e. The van der Waals surface area contributed by atoms with Crippen LogP contribution in [0.4, 0.5) is 0 Å². The van der Waals surface area contributed by atoms with E-state index in [-0.39, 0.29) is 23.8 Å². The summed E-state index contributed by atoms with van der Waals surface area (Å²) >= 11 is 0. The molecule has 1 aromatic heterocycles. The molecule has 3 N–H and O–H groups in total. The van der Waals surface area contributed by atoms with Gasteiger partial charge >= 0.3 is 5.97 Å². The van der Waals surface area contributed by atoms with Crippen LogP contribution in [0.1, 0.15) is 10.5 Å². The zero-order valence-corrected chi connectivity index (χ0v) is 9.78. The van der Waals surface area contributed by atoms with Gasteiger partial charge in [0.05, 0.1) is 13.2 Å². The lowest BCUT2D eigenvalue weighted by Crippen LogP contribution is -2.25. The van der Waals surface area contributed by atoms with E-state index in [1.807, 2.05) is 4.89 Å². The summed E-state index contributed by atoms with van der Waals surface area (Å²) in [7, 11) is -2.43. The summed E-state index contributed by atoms with van der Waals surface area (Å²) in [6.45, 7) is 0.280. The molecule has 0 fully saturated rings. The Kier molecular flexibility index (Phi) is 4.63. The first kappa shape index (κ1) is 13.6. The van der Waals surface area contributed by atoms with Crippen LogP contribution in [0.5, 0.6) is 0 Å². The molecule has 0 aromatic carbocycles. The molecule has 17 heavy (non-hydrogen) atoms. The van der Waals surface area contributed by atoms with Crippen molar-refractivity contribution in [1.29, 1.82) is 0 Å². The van der Waals surface area contributed by atoms with Gasteiger partial charge < -0.3 is 14.8 Å². The molecular formula is C8H12N2O6S. The predicted molar refractivity (Wildman–Crippen MR) is 55.9 cm³/mol. The quantitative estimate of drug-likeness (QED) is 0.454. The second kappa shape index (κ2) is 5.77. The maximum absolute atomic E-state index is 11.5. The highest BCUT2D eigenvalue weighted by molar-refractivity contribution is 7.89. The van der Waals surface area contributed by atoms with E-state index >= 15 is 0 Å². The lowest BCUT2D eigenvalue weighted by atomic mass is 10.4. The van der Waals surface area contributed by atoms with Crippen LogP contribution >= 0.6 is 0 Å². The molecule has 0 amide bonds. The minimum absolute atomic E-state index is 0.0476. The third kappa shape index (κ3) is 3.82. The van der Waals surface area contributed by atoms with Crippen LogP contribution in [-0.4, -0.2) is 44.8 Å². The third-order valence-corrected chi connectivity index (χ3v) is 2.95. The van der Waals surface area contributed by atoms with Gasteiger partial charge in [0.15, 0.2) is 0 Å². The average molecular weight is 264 g/mol. The lowest BCUT2D eigenvalue weighted by Gasteiger charge is -2.04. The second-order valence-electron chi connectivity index (χ2n) is 2.98. The van der Waals surface area contributed by atoms with Crippen molar-refractivity contribution in [3.8, 4) is 0 Å². The van der Waals surface area contributed by atoms with Gasteiger partial charge in [0.1, 0.15) is 10.6 Å². The van der Waals surface area contributed by atoms with Gasteiger partial charge in [-0.1, -0.05) is 4.89 Å². The summed E-state index contributed by atoms with van der Waals surface area (Å²) in [6.07, 6.45) is 1.06. The Labute approximate surface area is 97.5 Å². The van der Waals surface area contributed by atoms with E-state index in [0.717, 1.165) is 12.3 Å².